The number of rotatable bonds is 6. The molecule has 2 aromatic heterocycles. The summed E-state index contributed by atoms with van der Waals surface area (Å²) in [5.74, 6) is -0.598. The molecule has 0 saturated heterocycles. The van der Waals surface area contributed by atoms with Crippen LogP contribution in [0.1, 0.15) is 36.0 Å². The van der Waals surface area contributed by atoms with Gasteiger partial charge in [-0.1, -0.05) is 43.2 Å². The van der Waals surface area contributed by atoms with Gasteiger partial charge in [0.25, 0.3) is 0 Å². The molecule has 31 heavy (non-hydrogen) atoms. The van der Waals surface area contributed by atoms with Crippen LogP contribution < -0.4 is 21.9 Å². The Morgan fingerprint density at radius 3 is 2.52 bits per heavy atom. The molecule has 1 aliphatic carbocycles. The van der Waals surface area contributed by atoms with Crippen LogP contribution in [0, 0.1) is 5.82 Å². The largest absolute Gasteiger partial charge is 0.366 e. The molecule has 3 aromatic rings. The van der Waals surface area contributed by atoms with Crippen molar-refractivity contribution in [3.63, 3.8) is 0 Å². The van der Waals surface area contributed by atoms with Gasteiger partial charge in [0.1, 0.15) is 11.5 Å². The number of carbonyl (C=O) groups excluding carboxylic acids is 1. The van der Waals surface area contributed by atoms with Crippen LogP contribution in [0.25, 0.3) is 11.1 Å². The normalized spacial score (nSPS) is 18.5. The predicted octanol–water partition coefficient (Wildman–Crippen LogP) is 3.29. The number of anilines is 2. The first-order valence-corrected chi connectivity index (χ1v) is 10.3. The van der Waals surface area contributed by atoms with E-state index < -0.39 is 11.7 Å². The molecule has 0 spiro atoms. The number of hydrogen-bond acceptors (Lipinski definition) is 6. The van der Waals surface area contributed by atoms with Gasteiger partial charge in [0, 0.05) is 30.0 Å². The van der Waals surface area contributed by atoms with Crippen LogP contribution in [-0.2, 0) is 0 Å². The Bertz CT molecular complexity index is 1040. The minimum atomic E-state index is -0.577. The molecule has 7 nitrogen and oxygen atoms in total. The van der Waals surface area contributed by atoms with Crippen molar-refractivity contribution in [2.75, 3.05) is 5.01 Å². The van der Waals surface area contributed by atoms with Gasteiger partial charge < -0.3 is 11.5 Å². The molecule has 0 radical (unpaired) electrons. The van der Waals surface area contributed by atoms with Crippen molar-refractivity contribution < 1.29 is 9.18 Å². The molecular formula is C23H25FN6O. The molecule has 1 saturated carbocycles. The van der Waals surface area contributed by atoms with Crippen molar-refractivity contribution in [1.82, 2.24) is 15.4 Å². The van der Waals surface area contributed by atoms with E-state index in [0.29, 0.717) is 11.4 Å². The van der Waals surface area contributed by atoms with Crippen molar-refractivity contribution in [3.05, 3.63) is 72.4 Å². The second-order valence-corrected chi connectivity index (χ2v) is 7.67. The maximum absolute atomic E-state index is 15.7. The van der Waals surface area contributed by atoms with E-state index in [0.717, 1.165) is 31.2 Å². The van der Waals surface area contributed by atoms with Gasteiger partial charge in [-0.15, -0.1) is 0 Å². The number of primary amides is 1. The second kappa shape index (κ2) is 9.20. The number of benzene rings is 1. The lowest BCUT2D eigenvalue weighted by atomic mass is 9.91. The highest BCUT2D eigenvalue weighted by Gasteiger charge is 2.27. The fourth-order valence-electron chi connectivity index (χ4n) is 3.82. The van der Waals surface area contributed by atoms with E-state index in [1.807, 2.05) is 30.3 Å². The maximum atomic E-state index is 15.7. The first-order chi connectivity index (χ1) is 15.0. The number of nitrogens with one attached hydrogen (secondary N) is 1. The molecule has 2 atom stereocenters. The number of amides is 1. The zero-order chi connectivity index (χ0) is 21.8. The summed E-state index contributed by atoms with van der Waals surface area (Å²) in [7, 11) is 0. The summed E-state index contributed by atoms with van der Waals surface area (Å²) in [6.07, 6.45) is 8.20. The lowest BCUT2D eigenvalue weighted by Crippen LogP contribution is -2.53. The third-order valence-corrected chi connectivity index (χ3v) is 5.56. The van der Waals surface area contributed by atoms with E-state index >= 15 is 4.39 Å². The van der Waals surface area contributed by atoms with Crippen LogP contribution in [0.5, 0.6) is 0 Å². The summed E-state index contributed by atoms with van der Waals surface area (Å²) in [5.41, 5.74) is 16.6. The Balaban J connectivity index is 1.76. The molecule has 1 aromatic carbocycles. The summed E-state index contributed by atoms with van der Waals surface area (Å²) in [6.45, 7) is 0. The third kappa shape index (κ3) is 4.55. The van der Waals surface area contributed by atoms with Gasteiger partial charge in [-0.25, -0.2) is 14.8 Å². The van der Waals surface area contributed by atoms with Crippen molar-refractivity contribution in [1.29, 1.82) is 0 Å². The van der Waals surface area contributed by atoms with E-state index in [1.165, 1.54) is 18.6 Å². The fraction of sp³-hybridized carbons (Fsp3) is 0.261. The van der Waals surface area contributed by atoms with Gasteiger partial charge in [-0.05, 0) is 30.5 Å². The molecule has 2 heterocycles. The number of hydrazine groups is 1. The first-order valence-electron chi connectivity index (χ1n) is 10.3. The molecule has 0 aliphatic heterocycles. The lowest BCUT2D eigenvalue weighted by Gasteiger charge is -2.35. The zero-order valence-electron chi connectivity index (χ0n) is 17.0. The first kappa shape index (κ1) is 20.9. The van der Waals surface area contributed by atoms with E-state index in [4.69, 9.17) is 11.5 Å². The number of hydrogen-bond donors (Lipinski definition) is 3. The standard InChI is InChI=1S/C23H25FN6O/c24-22-17(15-6-2-1-3-7-15)13-27-14-20(22)30(29-19-9-5-4-8-18(19)25)21-11-10-16(12-28-21)23(26)31/h1-3,6-7,10-14,18-19,29H,4-5,8-9,25H2,(H2,26,31)/t18-,19+/m0/s1. The van der Waals surface area contributed by atoms with Crippen LogP contribution in [0.2, 0.25) is 0 Å². The van der Waals surface area contributed by atoms with Crippen molar-refractivity contribution in [3.8, 4) is 11.1 Å². The smallest absolute Gasteiger partial charge is 0.250 e. The number of carbonyl (C=O) groups is 1. The van der Waals surface area contributed by atoms with Crippen molar-refractivity contribution in [2.45, 2.75) is 37.8 Å². The van der Waals surface area contributed by atoms with Crippen molar-refractivity contribution >= 4 is 17.4 Å². The van der Waals surface area contributed by atoms with Gasteiger partial charge in [-0.3, -0.25) is 14.8 Å². The Morgan fingerprint density at radius 2 is 1.84 bits per heavy atom. The molecule has 1 aliphatic rings. The summed E-state index contributed by atoms with van der Waals surface area (Å²) in [4.78, 5) is 20.0. The zero-order valence-corrected chi connectivity index (χ0v) is 17.0. The Kier molecular flexibility index (Phi) is 6.20. The summed E-state index contributed by atoms with van der Waals surface area (Å²) >= 11 is 0. The highest BCUT2D eigenvalue weighted by molar-refractivity contribution is 5.92. The van der Waals surface area contributed by atoms with E-state index in [1.54, 1.807) is 17.1 Å². The number of halogens is 1. The average Bonchev–Trinajstić information content (AvgIpc) is 2.80. The van der Waals surface area contributed by atoms with E-state index in [-0.39, 0.29) is 23.3 Å². The van der Waals surface area contributed by atoms with Crippen LogP contribution in [0.4, 0.5) is 15.9 Å². The molecule has 160 valence electrons. The van der Waals surface area contributed by atoms with Crippen LogP contribution in [0.3, 0.4) is 0 Å². The van der Waals surface area contributed by atoms with Gasteiger partial charge in [0.05, 0.1) is 11.8 Å². The molecule has 8 heteroatoms. The van der Waals surface area contributed by atoms with E-state index in [9.17, 15) is 4.79 Å². The van der Waals surface area contributed by atoms with Crippen molar-refractivity contribution in [2.24, 2.45) is 11.5 Å². The van der Waals surface area contributed by atoms with Gasteiger partial charge in [-0.2, -0.15) is 0 Å². The van der Waals surface area contributed by atoms with Gasteiger partial charge in [0.15, 0.2) is 5.82 Å². The minimum absolute atomic E-state index is 0.0499. The van der Waals surface area contributed by atoms with Crippen LogP contribution in [-0.4, -0.2) is 28.0 Å². The van der Waals surface area contributed by atoms with E-state index in [2.05, 4.69) is 15.4 Å². The average molecular weight is 420 g/mol. The van der Waals surface area contributed by atoms with Gasteiger partial charge >= 0.3 is 0 Å². The lowest BCUT2D eigenvalue weighted by molar-refractivity contribution is 0.1000. The molecule has 0 bridgehead atoms. The summed E-state index contributed by atoms with van der Waals surface area (Å²) < 4.78 is 15.7. The molecule has 0 unspecified atom stereocenters. The minimum Gasteiger partial charge on any atom is -0.366 e. The number of pyridine rings is 2. The predicted molar refractivity (Wildman–Crippen MR) is 118 cm³/mol. The Hall–Kier alpha value is -3.36. The number of nitrogens with two attached hydrogens (primary N) is 2. The summed E-state index contributed by atoms with van der Waals surface area (Å²) in [5, 5.41) is 1.56. The second-order valence-electron chi connectivity index (χ2n) is 7.67. The van der Waals surface area contributed by atoms with Crippen LogP contribution in [0.15, 0.2) is 61.1 Å². The molecule has 1 amide bonds. The van der Waals surface area contributed by atoms with Gasteiger partial charge in [0.2, 0.25) is 5.91 Å². The third-order valence-electron chi connectivity index (χ3n) is 5.56. The number of aromatic nitrogens is 2. The quantitative estimate of drug-likeness (QED) is 0.528. The molecule has 1 fully saturated rings. The maximum Gasteiger partial charge on any atom is 0.250 e. The SMILES string of the molecule is NC(=O)c1ccc(N(N[C@@H]2CCCC[C@@H]2N)c2cncc(-c3ccccc3)c2F)nc1. The summed E-state index contributed by atoms with van der Waals surface area (Å²) in [6, 6.07) is 12.3. The van der Waals surface area contributed by atoms with Crippen LogP contribution >= 0.6 is 0 Å². The fourth-order valence-corrected chi connectivity index (χ4v) is 3.82. The Morgan fingerprint density at radius 1 is 1.06 bits per heavy atom. The Labute approximate surface area is 180 Å². The number of nitrogens with zero attached hydrogens (tertiary/aromatic N) is 3. The molecule has 5 N–H and O–H groups in total. The monoisotopic (exact) mass is 420 g/mol. The highest BCUT2D eigenvalue weighted by Crippen LogP contribution is 2.32. The molecular weight excluding hydrogens is 395 g/mol. The highest BCUT2D eigenvalue weighted by atomic mass is 19.1. The topological polar surface area (TPSA) is 110 Å². The molecule has 4 rings (SSSR count).